The summed E-state index contributed by atoms with van der Waals surface area (Å²) < 4.78 is 1.72. The van der Waals surface area contributed by atoms with Crippen molar-refractivity contribution in [1.29, 1.82) is 0 Å². The highest BCUT2D eigenvalue weighted by Crippen LogP contribution is 2.35. The van der Waals surface area contributed by atoms with Gasteiger partial charge in [0.1, 0.15) is 0 Å². The van der Waals surface area contributed by atoms with E-state index in [9.17, 15) is 9.90 Å². The van der Waals surface area contributed by atoms with Crippen molar-refractivity contribution in [2.24, 2.45) is 0 Å². The highest BCUT2D eigenvalue weighted by Gasteiger charge is 2.29. The van der Waals surface area contributed by atoms with Crippen LogP contribution in [0, 0.1) is 6.92 Å². The number of H-pyrrole nitrogens is 1. The lowest BCUT2D eigenvalue weighted by atomic mass is 9.94. The van der Waals surface area contributed by atoms with E-state index in [1.54, 1.807) is 10.9 Å². The van der Waals surface area contributed by atoms with Crippen LogP contribution in [0.1, 0.15) is 27.3 Å². The highest BCUT2D eigenvalue weighted by molar-refractivity contribution is 5.90. The number of carbonyl (C=O) groups is 1. The number of rotatable bonds is 2. The Morgan fingerprint density at radius 3 is 3.00 bits per heavy atom. The van der Waals surface area contributed by atoms with E-state index < -0.39 is 5.97 Å². The predicted octanol–water partition coefficient (Wildman–Crippen LogP) is 2.37. The van der Waals surface area contributed by atoms with Crippen LogP contribution >= 0.6 is 0 Å². The zero-order valence-electron chi connectivity index (χ0n) is 12.0. The Morgan fingerprint density at radius 2 is 2.23 bits per heavy atom. The molecule has 0 saturated heterocycles. The quantitative estimate of drug-likeness (QED) is 0.760. The SMILES string of the molecule is Cc1cccc(-n2nc(C(=O)O)c3c2-c2cn[nH]c2CC3)c1. The largest absolute Gasteiger partial charge is 0.476 e. The van der Waals surface area contributed by atoms with Gasteiger partial charge in [0.25, 0.3) is 0 Å². The number of fused-ring (bicyclic) bond motifs is 3. The van der Waals surface area contributed by atoms with E-state index in [4.69, 9.17) is 0 Å². The first-order chi connectivity index (χ1) is 10.6. The molecule has 2 aromatic heterocycles. The second-order valence-corrected chi connectivity index (χ2v) is 5.49. The molecule has 6 nitrogen and oxygen atoms in total. The Labute approximate surface area is 126 Å². The van der Waals surface area contributed by atoms with Crippen molar-refractivity contribution in [3.63, 3.8) is 0 Å². The van der Waals surface area contributed by atoms with Crippen LogP contribution in [0.15, 0.2) is 30.5 Å². The molecule has 2 heterocycles. The molecule has 0 spiro atoms. The van der Waals surface area contributed by atoms with Gasteiger partial charge in [-0.15, -0.1) is 0 Å². The Balaban J connectivity index is 2.03. The zero-order chi connectivity index (χ0) is 15.3. The van der Waals surface area contributed by atoms with Crippen LogP contribution < -0.4 is 0 Å². The first-order valence-corrected chi connectivity index (χ1v) is 7.10. The molecule has 3 aromatic rings. The number of nitrogens with one attached hydrogen (secondary N) is 1. The van der Waals surface area contributed by atoms with Gasteiger partial charge in [0.05, 0.1) is 17.6 Å². The molecule has 4 rings (SSSR count). The maximum Gasteiger partial charge on any atom is 0.356 e. The second kappa shape index (κ2) is 4.56. The Morgan fingerprint density at radius 1 is 1.36 bits per heavy atom. The molecule has 0 radical (unpaired) electrons. The van der Waals surface area contributed by atoms with E-state index in [0.29, 0.717) is 6.42 Å². The standard InChI is InChI=1S/C16H14N4O2/c1-9-3-2-4-10(7-9)20-15-11(14(19-20)16(21)22)5-6-13-12(15)8-17-18-13/h2-4,7-8H,5-6H2,1H3,(H,17,18)(H,21,22). The molecule has 22 heavy (non-hydrogen) atoms. The predicted molar refractivity (Wildman–Crippen MR) is 80.3 cm³/mol. The third kappa shape index (κ3) is 1.77. The third-order valence-corrected chi connectivity index (χ3v) is 4.03. The fraction of sp³-hybridized carbons (Fsp3) is 0.188. The summed E-state index contributed by atoms with van der Waals surface area (Å²) in [6.07, 6.45) is 3.15. The lowest BCUT2D eigenvalue weighted by molar-refractivity contribution is 0.0689. The molecule has 0 saturated carbocycles. The lowest BCUT2D eigenvalue weighted by Crippen LogP contribution is -2.07. The highest BCUT2D eigenvalue weighted by atomic mass is 16.4. The first kappa shape index (κ1) is 12.8. The first-order valence-electron chi connectivity index (χ1n) is 7.10. The lowest BCUT2D eigenvalue weighted by Gasteiger charge is -2.14. The fourth-order valence-electron chi connectivity index (χ4n) is 3.04. The number of aromatic amines is 1. The molecule has 0 aliphatic heterocycles. The van der Waals surface area contributed by atoms with Gasteiger partial charge in [0.15, 0.2) is 5.69 Å². The van der Waals surface area contributed by atoms with Gasteiger partial charge >= 0.3 is 5.97 Å². The van der Waals surface area contributed by atoms with Crippen LogP contribution in [0.5, 0.6) is 0 Å². The zero-order valence-corrected chi connectivity index (χ0v) is 12.0. The number of benzene rings is 1. The van der Waals surface area contributed by atoms with E-state index >= 15 is 0 Å². The average Bonchev–Trinajstić information content (AvgIpc) is 3.10. The molecule has 0 bridgehead atoms. The molecule has 110 valence electrons. The molecule has 6 heteroatoms. The molecule has 0 amide bonds. The Bertz CT molecular complexity index is 891. The van der Waals surface area contributed by atoms with Crippen LogP contribution in [0.4, 0.5) is 0 Å². The van der Waals surface area contributed by atoms with Gasteiger partial charge in [0.2, 0.25) is 0 Å². The minimum Gasteiger partial charge on any atom is -0.476 e. The molecule has 1 aliphatic carbocycles. The number of aryl methyl sites for hydroxylation is 2. The van der Waals surface area contributed by atoms with Gasteiger partial charge in [-0.3, -0.25) is 5.10 Å². The van der Waals surface area contributed by atoms with Crippen molar-refractivity contribution in [1.82, 2.24) is 20.0 Å². The van der Waals surface area contributed by atoms with Gasteiger partial charge < -0.3 is 5.11 Å². The topological polar surface area (TPSA) is 83.8 Å². The molecule has 2 N–H and O–H groups in total. The van der Waals surface area contributed by atoms with Crippen molar-refractivity contribution < 1.29 is 9.90 Å². The summed E-state index contributed by atoms with van der Waals surface area (Å²) in [5.74, 6) is -0.991. The van der Waals surface area contributed by atoms with Crippen LogP contribution in [0.2, 0.25) is 0 Å². The summed E-state index contributed by atoms with van der Waals surface area (Å²) in [5.41, 5.74) is 5.66. The minimum atomic E-state index is -0.991. The van der Waals surface area contributed by atoms with E-state index in [-0.39, 0.29) is 5.69 Å². The van der Waals surface area contributed by atoms with Crippen LogP contribution in [0.3, 0.4) is 0 Å². The minimum absolute atomic E-state index is 0.128. The average molecular weight is 294 g/mol. The van der Waals surface area contributed by atoms with E-state index in [1.807, 2.05) is 31.2 Å². The number of nitrogens with zero attached hydrogens (tertiary/aromatic N) is 3. The van der Waals surface area contributed by atoms with Gasteiger partial charge in [-0.2, -0.15) is 10.2 Å². The van der Waals surface area contributed by atoms with Crippen molar-refractivity contribution in [2.45, 2.75) is 19.8 Å². The second-order valence-electron chi connectivity index (χ2n) is 5.49. The Kier molecular flexibility index (Phi) is 2.66. The van der Waals surface area contributed by atoms with Gasteiger partial charge in [-0.05, 0) is 37.5 Å². The normalized spacial score (nSPS) is 12.8. The summed E-state index contributed by atoms with van der Waals surface area (Å²) in [7, 11) is 0. The van der Waals surface area contributed by atoms with Gasteiger partial charge in [-0.1, -0.05) is 12.1 Å². The summed E-state index contributed by atoms with van der Waals surface area (Å²) >= 11 is 0. The maximum atomic E-state index is 11.5. The van der Waals surface area contributed by atoms with Crippen molar-refractivity contribution >= 4 is 5.97 Å². The number of aromatic carboxylic acids is 1. The Hall–Kier alpha value is -2.89. The van der Waals surface area contributed by atoms with Gasteiger partial charge in [0, 0.05) is 16.8 Å². The molecule has 1 aromatic carbocycles. The maximum absolute atomic E-state index is 11.5. The molecular weight excluding hydrogens is 280 g/mol. The molecule has 0 unspecified atom stereocenters. The van der Waals surface area contributed by atoms with Crippen LogP contribution in [0.25, 0.3) is 16.9 Å². The number of hydrogen-bond donors (Lipinski definition) is 2. The van der Waals surface area contributed by atoms with Crippen molar-refractivity contribution in [2.75, 3.05) is 0 Å². The smallest absolute Gasteiger partial charge is 0.356 e. The van der Waals surface area contributed by atoms with E-state index in [0.717, 1.165) is 40.2 Å². The molecule has 1 aliphatic rings. The molecular formula is C16H14N4O2. The summed E-state index contributed by atoms with van der Waals surface area (Å²) in [4.78, 5) is 11.5. The summed E-state index contributed by atoms with van der Waals surface area (Å²) in [6, 6.07) is 7.87. The van der Waals surface area contributed by atoms with E-state index in [1.165, 1.54) is 0 Å². The monoisotopic (exact) mass is 294 g/mol. The summed E-state index contributed by atoms with van der Waals surface area (Å²) in [6.45, 7) is 2.00. The van der Waals surface area contributed by atoms with Crippen LogP contribution in [-0.2, 0) is 12.8 Å². The number of carboxylic acids is 1. The van der Waals surface area contributed by atoms with E-state index in [2.05, 4.69) is 15.3 Å². The fourth-order valence-corrected chi connectivity index (χ4v) is 3.04. The molecule has 0 atom stereocenters. The van der Waals surface area contributed by atoms with Gasteiger partial charge in [-0.25, -0.2) is 9.48 Å². The van der Waals surface area contributed by atoms with Crippen molar-refractivity contribution in [3.05, 3.63) is 53.0 Å². The van der Waals surface area contributed by atoms with Crippen LogP contribution in [-0.4, -0.2) is 31.1 Å². The summed E-state index contributed by atoms with van der Waals surface area (Å²) in [5, 5.41) is 20.9. The number of carboxylic acid groups (broad SMARTS) is 1. The molecule has 0 fully saturated rings. The van der Waals surface area contributed by atoms with Crippen molar-refractivity contribution in [3.8, 4) is 16.9 Å². The number of aromatic nitrogens is 4. The number of hydrogen-bond acceptors (Lipinski definition) is 3. The third-order valence-electron chi connectivity index (χ3n) is 4.03.